The minimum Gasteiger partial charge on any atom is -0.381 e. The molecule has 0 aromatic carbocycles. The van der Waals surface area contributed by atoms with Gasteiger partial charge in [0.05, 0.1) is 5.69 Å². The quantitative estimate of drug-likeness (QED) is 0.840. The second-order valence-corrected chi connectivity index (χ2v) is 8.79. The molecular weight excluding hydrogens is 314 g/mol. The van der Waals surface area contributed by atoms with E-state index in [2.05, 4.69) is 30.8 Å². The molecule has 1 aromatic rings. The Morgan fingerprint density at radius 3 is 2.32 bits per heavy atom. The largest absolute Gasteiger partial charge is 0.381 e. The van der Waals surface area contributed by atoms with Crippen LogP contribution in [0, 0.1) is 11.8 Å². The Kier molecular flexibility index (Phi) is 5.95. The SMILES string of the molecule is CC(C)(C)c1ccc(=O)n(CC2CCN(CC3CCOCC3)CC2)n1. The first-order valence-electron chi connectivity index (χ1n) is 9.80. The van der Waals surface area contributed by atoms with Crippen molar-refractivity contribution < 1.29 is 4.74 Å². The van der Waals surface area contributed by atoms with Gasteiger partial charge in [0.25, 0.3) is 5.56 Å². The highest BCUT2D eigenvalue weighted by molar-refractivity contribution is 5.10. The first kappa shape index (κ1) is 18.6. The lowest BCUT2D eigenvalue weighted by Crippen LogP contribution is -2.40. The predicted octanol–water partition coefficient (Wildman–Crippen LogP) is 2.68. The van der Waals surface area contributed by atoms with Crippen molar-refractivity contribution >= 4 is 0 Å². The summed E-state index contributed by atoms with van der Waals surface area (Å²) in [5.74, 6) is 1.37. The summed E-state index contributed by atoms with van der Waals surface area (Å²) in [7, 11) is 0. The molecule has 140 valence electrons. The molecule has 3 heterocycles. The molecule has 3 rings (SSSR count). The van der Waals surface area contributed by atoms with E-state index in [0.717, 1.165) is 57.3 Å². The van der Waals surface area contributed by atoms with Gasteiger partial charge in [0.15, 0.2) is 0 Å². The highest BCUT2D eigenvalue weighted by Crippen LogP contribution is 2.23. The summed E-state index contributed by atoms with van der Waals surface area (Å²) in [6, 6.07) is 3.54. The van der Waals surface area contributed by atoms with Crippen LogP contribution in [0.5, 0.6) is 0 Å². The molecule has 0 atom stereocenters. The second-order valence-electron chi connectivity index (χ2n) is 8.79. The molecular formula is C20H33N3O2. The van der Waals surface area contributed by atoms with Crippen molar-refractivity contribution in [3.05, 3.63) is 28.2 Å². The van der Waals surface area contributed by atoms with E-state index in [9.17, 15) is 4.79 Å². The van der Waals surface area contributed by atoms with Crippen LogP contribution in [0.4, 0.5) is 0 Å². The monoisotopic (exact) mass is 347 g/mol. The molecule has 0 aliphatic carbocycles. The van der Waals surface area contributed by atoms with Crippen molar-refractivity contribution in [1.82, 2.24) is 14.7 Å². The van der Waals surface area contributed by atoms with Crippen LogP contribution < -0.4 is 5.56 Å². The molecule has 0 spiro atoms. The molecule has 0 amide bonds. The zero-order valence-electron chi connectivity index (χ0n) is 16.0. The van der Waals surface area contributed by atoms with Gasteiger partial charge in [-0.05, 0) is 56.7 Å². The van der Waals surface area contributed by atoms with Crippen molar-refractivity contribution in [3.63, 3.8) is 0 Å². The third-order valence-electron chi connectivity index (χ3n) is 5.63. The van der Waals surface area contributed by atoms with Crippen LogP contribution in [0.3, 0.4) is 0 Å². The minimum absolute atomic E-state index is 0.0253. The van der Waals surface area contributed by atoms with Gasteiger partial charge in [-0.15, -0.1) is 0 Å². The van der Waals surface area contributed by atoms with Crippen LogP contribution in [0.25, 0.3) is 0 Å². The summed E-state index contributed by atoms with van der Waals surface area (Å²) in [6.07, 6.45) is 4.74. The molecule has 2 aliphatic rings. The fourth-order valence-electron chi connectivity index (χ4n) is 3.87. The van der Waals surface area contributed by atoms with E-state index in [1.807, 2.05) is 6.07 Å². The molecule has 0 saturated carbocycles. The zero-order chi connectivity index (χ0) is 17.9. The van der Waals surface area contributed by atoms with Crippen LogP contribution in [0.1, 0.15) is 52.1 Å². The van der Waals surface area contributed by atoms with E-state index in [0.29, 0.717) is 5.92 Å². The Labute approximate surface area is 151 Å². The van der Waals surface area contributed by atoms with Gasteiger partial charge >= 0.3 is 0 Å². The summed E-state index contributed by atoms with van der Waals surface area (Å²) in [5, 5.41) is 4.63. The number of aromatic nitrogens is 2. The summed E-state index contributed by atoms with van der Waals surface area (Å²) in [6.45, 7) is 12.5. The maximum Gasteiger partial charge on any atom is 0.266 e. The molecule has 2 saturated heterocycles. The van der Waals surface area contributed by atoms with Crippen molar-refractivity contribution in [2.75, 3.05) is 32.8 Å². The second kappa shape index (κ2) is 8.00. The van der Waals surface area contributed by atoms with Gasteiger partial charge in [0.1, 0.15) is 0 Å². The fraction of sp³-hybridized carbons (Fsp3) is 0.800. The van der Waals surface area contributed by atoms with Gasteiger partial charge in [-0.1, -0.05) is 20.8 Å². The number of likely N-dealkylation sites (tertiary alicyclic amines) is 1. The van der Waals surface area contributed by atoms with Gasteiger partial charge in [0.2, 0.25) is 0 Å². The van der Waals surface area contributed by atoms with E-state index < -0.39 is 0 Å². The predicted molar refractivity (Wildman–Crippen MR) is 99.9 cm³/mol. The molecule has 1 aromatic heterocycles. The Hall–Kier alpha value is -1.20. The van der Waals surface area contributed by atoms with Crippen molar-refractivity contribution in [1.29, 1.82) is 0 Å². The third kappa shape index (κ3) is 5.14. The lowest BCUT2D eigenvalue weighted by atomic mass is 9.92. The van der Waals surface area contributed by atoms with Crippen LogP contribution in [0.15, 0.2) is 16.9 Å². The molecule has 25 heavy (non-hydrogen) atoms. The van der Waals surface area contributed by atoms with E-state index >= 15 is 0 Å². The molecule has 5 nitrogen and oxygen atoms in total. The topological polar surface area (TPSA) is 47.4 Å². The maximum atomic E-state index is 12.2. The average molecular weight is 348 g/mol. The molecule has 0 N–H and O–H groups in total. The molecule has 0 radical (unpaired) electrons. The Balaban J connectivity index is 1.53. The fourth-order valence-corrected chi connectivity index (χ4v) is 3.87. The lowest BCUT2D eigenvalue weighted by molar-refractivity contribution is 0.0459. The van der Waals surface area contributed by atoms with Gasteiger partial charge < -0.3 is 9.64 Å². The van der Waals surface area contributed by atoms with Crippen LogP contribution in [-0.4, -0.2) is 47.5 Å². The van der Waals surface area contributed by atoms with E-state index in [1.165, 1.54) is 19.4 Å². The lowest BCUT2D eigenvalue weighted by Gasteiger charge is -2.35. The smallest absolute Gasteiger partial charge is 0.266 e. The molecule has 0 unspecified atom stereocenters. The first-order chi connectivity index (χ1) is 11.9. The Morgan fingerprint density at radius 1 is 1.04 bits per heavy atom. The van der Waals surface area contributed by atoms with Crippen LogP contribution in [-0.2, 0) is 16.7 Å². The summed E-state index contributed by atoms with van der Waals surface area (Å²) >= 11 is 0. The highest BCUT2D eigenvalue weighted by atomic mass is 16.5. The van der Waals surface area contributed by atoms with Gasteiger partial charge in [-0.2, -0.15) is 5.10 Å². The zero-order valence-corrected chi connectivity index (χ0v) is 16.0. The van der Waals surface area contributed by atoms with Gasteiger partial charge in [0, 0.05) is 37.8 Å². The summed E-state index contributed by atoms with van der Waals surface area (Å²) in [4.78, 5) is 14.8. The van der Waals surface area contributed by atoms with Crippen molar-refractivity contribution in [2.45, 2.75) is 58.4 Å². The van der Waals surface area contributed by atoms with Crippen LogP contribution >= 0.6 is 0 Å². The van der Waals surface area contributed by atoms with E-state index in [4.69, 9.17) is 4.74 Å². The third-order valence-corrected chi connectivity index (χ3v) is 5.63. The standard InChI is InChI=1S/C20H33N3O2/c1-20(2,3)18-4-5-19(24)23(21-18)15-16-6-10-22(11-7-16)14-17-8-12-25-13-9-17/h4-5,16-17H,6-15H2,1-3H3. The first-order valence-corrected chi connectivity index (χ1v) is 9.80. The number of nitrogens with zero attached hydrogens (tertiary/aromatic N) is 3. The number of ether oxygens (including phenoxy) is 1. The molecule has 2 aliphatic heterocycles. The Morgan fingerprint density at radius 2 is 1.68 bits per heavy atom. The molecule has 5 heteroatoms. The molecule has 2 fully saturated rings. The van der Waals surface area contributed by atoms with Crippen molar-refractivity contribution in [3.8, 4) is 0 Å². The normalized spacial score (nSPS) is 21.6. The number of rotatable bonds is 4. The highest BCUT2D eigenvalue weighted by Gasteiger charge is 2.24. The molecule has 0 bridgehead atoms. The summed E-state index contributed by atoms with van der Waals surface area (Å²) < 4.78 is 7.15. The maximum absolute atomic E-state index is 12.2. The number of piperidine rings is 1. The van der Waals surface area contributed by atoms with Crippen molar-refractivity contribution in [2.24, 2.45) is 11.8 Å². The summed E-state index contributed by atoms with van der Waals surface area (Å²) in [5.41, 5.74) is 0.990. The van der Waals surface area contributed by atoms with Crippen LogP contribution in [0.2, 0.25) is 0 Å². The van der Waals surface area contributed by atoms with Gasteiger partial charge in [-0.25, -0.2) is 4.68 Å². The number of hydrogen-bond acceptors (Lipinski definition) is 4. The average Bonchev–Trinajstić information content (AvgIpc) is 2.58. The minimum atomic E-state index is -0.0253. The van der Waals surface area contributed by atoms with E-state index in [-0.39, 0.29) is 11.0 Å². The van der Waals surface area contributed by atoms with Gasteiger partial charge in [-0.3, -0.25) is 4.79 Å². The Bertz CT molecular complexity index is 606. The number of hydrogen-bond donors (Lipinski definition) is 0. The van der Waals surface area contributed by atoms with E-state index in [1.54, 1.807) is 10.7 Å².